The molecule has 0 amide bonds. The molecule has 0 saturated carbocycles. The molecule has 3 heteroatoms. The van der Waals surface area contributed by atoms with E-state index in [2.05, 4.69) is 12.2 Å². The van der Waals surface area contributed by atoms with Crippen LogP contribution >= 0.6 is 21.1 Å². The quantitative estimate of drug-likeness (QED) is 0.269. The highest BCUT2D eigenvalue weighted by molar-refractivity contribution is 7.89. The Morgan fingerprint density at radius 3 is 2.25 bits per heavy atom. The van der Waals surface area contributed by atoms with Crippen molar-refractivity contribution in [2.45, 2.75) is 0 Å². The normalized spacial score (nSPS) is 9.25. The lowest BCUT2D eigenvalue weighted by Gasteiger charge is -1.74. The molecular weight excluding hydrogens is 94.1 g/mol. The third-order valence-electron chi connectivity index (χ3n) is 0.0386. The Bertz CT molecular complexity index is 22.0. The summed E-state index contributed by atoms with van der Waals surface area (Å²) in [4.78, 5) is 0. The third-order valence-corrected chi connectivity index (χ3v) is 0.347. The summed E-state index contributed by atoms with van der Waals surface area (Å²) < 4.78 is 10.5. The maximum Gasteiger partial charge on any atom is -0.0875 e. The third kappa shape index (κ3) is 2.45. The maximum atomic E-state index is 10.5. The number of rotatable bonds is 1. The van der Waals surface area contributed by atoms with Crippen LogP contribution in [-0.4, -0.2) is 5.11 Å². The zero-order valence-electron chi connectivity index (χ0n) is 1.79. The van der Waals surface area contributed by atoms with E-state index in [9.17, 15) is 4.20 Å². The first-order valence-electron chi connectivity index (χ1n) is 0.643. The predicted molar refractivity (Wildman–Crippen MR) is 22.0 cm³/mol. The summed E-state index contributed by atoms with van der Waals surface area (Å²) in [6.45, 7) is 0. The molecule has 0 N–H and O–H groups in total. The van der Waals surface area contributed by atoms with E-state index in [0.29, 0.717) is 0 Å². The van der Waals surface area contributed by atoms with Gasteiger partial charge in [-0.15, -0.1) is 0 Å². The van der Waals surface area contributed by atoms with E-state index in [1.165, 1.54) is 0 Å². The van der Waals surface area contributed by atoms with Gasteiger partial charge in [0.15, 0.2) is 0 Å². The summed E-state index contributed by atoms with van der Waals surface area (Å²) in [5.74, 6) is 0. The van der Waals surface area contributed by atoms with Crippen LogP contribution in [0.5, 0.6) is 0 Å². The zero-order chi connectivity index (χ0) is 3.41. The van der Waals surface area contributed by atoms with Gasteiger partial charge in [0.05, 0.1) is 0 Å². The van der Waals surface area contributed by atoms with E-state index in [4.69, 9.17) is 0 Å². The van der Waals surface area contributed by atoms with Gasteiger partial charge in [0.25, 0.3) is 0 Å². The Labute approximate surface area is 31.3 Å². The van der Waals surface area contributed by atoms with Gasteiger partial charge in [-0.1, -0.05) is 8.89 Å². The van der Waals surface area contributed by atoms with Crippen LogP contribution in [0, 0.1) is 0 Å². The molecule has 0 heterocycles. The summed E-state index contributed by atoms with van der Waals surface area (Å²) in [6, 6.07) is 0. The summed E-state index contributed by atoms with van der Waals surface area (Å²) in [7, 11) is -0.795. The van der Waals surface area contributed by atoms with Gasteiger partial charge in [-0.05, 0) is 0 Å². The van der Waals surface area contributed by atoms with E-state index in [0.717, 1.165) is 0 Å². The molecular formula is CHFPS-. The van der Waals surface area contributed by atoms with Crippen LogP contribution in [0.2, 0.25) is 0 Å². The smallest absolute Gasteiger partial charge is 0.0875 e. The Kier molecular flexibility index (Phi) is 3.84. The molecule has 24 valence electrons. The van der Waals surface area contributed by atoms with Crippen LogP contribution in [-0.2, 0) is 0 Å². The van der Waals surface area contributed by atoms with Crippen molar-refractivity contribution in [3.8, 4) is 0 Å². The predicted octanol–water partition coefficient (Wildman–Crippen LogP) is 1.38. The van der Waals surface area contributed by atoms with Crippen LogP contribution in [0.25, 0.3) is 0 Å². The second-order valence-electron chi connectivity index (χ2n) is 0.197. The minimum Gasteiger partial charge on any atom is -0.365 e. The van der Waals surface area contributed by atoms with E-state index in [1.807, 2.05) is 5.11 Å². The number of halogens is 1. The minimum absolute atomic E-state index is 0.795. The fraction of sp³-hybridized carbons (Fsp3) is 0. The van der Waals surface area contributed by atoms with Crippen molar-refractivity contribution in [1.82, 2.24) is 0 Å². The van der Waals surface area contributed by atoms with Gasteiger partial charge in [-0.2, -0.15) is 0 Å². The molecule has 0 aliphatic rings. The Balaban J connectivity index is 2.30. The van der Waals surface area contributed by atoms with Gasteiger partial charge in [0, 0.05) is 0 Å². The topological polar surface area (TPSA) is 0 Å². The second-order valence-corrected chi connectivity index (χ2v) is 1.20. The molecule has 0 bridgehead atoms. The van der Waals surface area contributed by atoms with Crippen molar-refractivity contribution in [1.29, 1.82) is 0 Å². The fourth-order valence-corrected chi connectivity index (χ4v) is 0. The van der Waals surface area contributed by atoms with Crippen LogP contribution in [0.4, 0.5) is 4.20 Å². The molecule has 0 radical (unpaired) electrons. The molecule has 0 fully saturated rings. The van der Waals surface area contributed by atoms with Crippen molar-refractivity contribution in [3.63, 3.8) is 0 Å². The lowest BCUT2D eigenvalue weighted by Crippen LogP contribution is -1.22. The average molecular weight is 95.1 g/mol. The van der Waals surface area contributed by atoms with Gasteiger partial charge in [0.1, 0.15) is 0 Å². The average Bonchev–Trinajstić information content (AvgIpc) is 1.37. The van der Waals surface area contributed by atoms with Crippen LogP contribution < -0.4 is 0 Å². The fourth-order valence-electron chi connectivity index (χ4n) is 0. The zero-order valence-corrected chi connectivity index (χ0v) is 3.60. The van der Waals surface area contributed by atoms with Gasteiger partial charge >= 0.3 is 0 Å². The molecule has 1 atom stereocenters. The number of hydrogen-bond donors (Lipinski definition) is 0. The van der Waals surface area contributed by atoms with E-state index < -0.39 is 8.89 Å². The van der Waals surface area contributed by atoms with Gasteiger partial charge in [-0.3, -0.25) is 4.20 Å². The van der Waals surface area contributed by atoms with E-state index in [1.54, 1.807) is 0 Å². The summed E-state index contributed by atoms with van der Waals surface area (Å²) in [6.07, 6.45) is 0. The number of hydrogen-bond acceptors (Lipinski definition) is 1. The highest BCUT2D eigenvalue weighted by atomic mass is 32.1. The molecule has 0 spiro atoms. The lowest BCUT2D eigenvalue weighted by atomic mass is 11.9. The molecule has 0 saturated heterocycles. The first-order valence-corrected chi connectivity index (χ1v) is 1.93. The van der Waals surface area contributed by atoms with Crippen molar-refractivity contribution in [2.24, 2.45) is 0 Å². The number of thiocarbonyl (C=S) groups is 1. The molecule has 4 heavy (non-hydrogen) atoms. The van der Waals surface area contributed by atoms with Crippen LogP contribution in [0.1, 0.15) is 0 Å². The monoisotopic (exact) mass is 95.0 g/mol. The van der Waals surface area contributed by atoms with Crippen molar-refractivity contribution >= 4 is 26.2 Å². The Morgan fingerprint density at radius 1 is 2.00 bits per heavy atom. The highest BCUT2D eigenvalue weighted by Gasteiger charge is 1.29. The van der Waals surface area contributed by atoms with Crippen LogP contribution in [0.15, 0.2) is 0 Å². The van der Waals surface area contributed by atoms with Crippen molar-refractivity contribution in [3.05, 3.63) is 0 Å². The molecule has 0 nitrogen and oxygen atoms in total. The van der Waals surface area contributed by atoms with Crippen LogP contribution in [0.3, 0.4) is 0 Å². The van der Waals surface area contributed by atoms with Gasteiger partial charge in [-0.25, -0.2) is 0 Å². The molecule has 0 aromatic carbocycles. The largest absolute Gasteiger partial charge is 0.365 e. The molecule has 0 aromatic rings. The summed E-state index contributed by atoms with van der Waals surface area (Å²) >= 11 is 3.94. The summed E-state index contributed by atoms with van der Waals surface area (Å²) in [5.41, 5.74) is 0. The van der Waals surface area contributed by atoms with Crippen molar-refractivity contribution in [2.75, 3.05) is 0 Å². The second kappa shape index (κ2) is 3.45. The first-order chi connectivity index (χ1) is 1.91. The Morgan fingerprint density at radius 2 is 2.25 bits per heavy atom. The highest BCUT2D eigenvalue weighted by Crippen LogP contribution is 2.01. The molecule has 0 aromatic heterocycles. The summed E-state index contributed by atoms with van der Waals surface area (Å²) in [5, 5.41) is 1.88. The molecule has 0 rings (SSSR count). The van der Waals surface area contributed by atoms with Gasteiger partial charge < -0.3 is 17.3 Å². The first kappa shape index (κ1) is 4.45. The lowest BCUT2D eigenvalue weighted by molar-refractivity contribution is 0.934. The SMILES string of the molecule is FP[C-]=S. The maximum absolute atomic E-state index is 10.5. The van der Waals surface area contributed by atoms with E-state index >= 15 is 0 Å². The standard InChI is InChI=1S/CHFPS/c2-3-1-4/h3H/q-1. The van der Waals surface area contributed by atoms with Gasteiger partial charge in [0.2, 0.25) is 0 Å². The minimum atomic E-state index is -0.795. The molecule has 0 aliphatic heterocycles. The van der Waals surface area contributed by atoms with Crippen molar-refractivity contribution < 1.29 is 4.20 Å². The van der Waals surface area contributed by atoms with E-state index in [-0.39, 0.29) is 0 Å². The Hall–Kier alpha value is 0.450. The molecule has 1 unspecified atom stereocenters. The molecule has 0 aliphatic carbocycles.